The van der Waals surface area contributed by atoms with Crippen molar-refractivity contribution in [2.24, 2.45) is 5.10 Å². The van der Waals surface area contributed by atoms with Crippen LogP contribution in [-0.2, 0) is 4.79 Å². The van der Waals surface area contributed by atoms with Gasteiger partial charge in [0.05, 0.1) is 10.6 Å². The number of nitro benzene ring substituents is 1. The summed E-state index contributed by atoms with van der Waals surface area (Å²) in [6, 6.07) is 4.82. The molecule has 0 aromatic heterocycles. The van der Waals surface area contributed by atoms with Crippen molar-refractivity contribution < 1.29 is 9.72 Å². The average Bonchev–Trinajstić information content (AvgIpc) is 2.26. The summed E-state index contributed by atoms with van der Waals surface area (Å²) in [6.07, 6.45) is 0. The number of nitrogens with zero attached hydrogens (tertiary/aromatic N) is 2. The van der Waals surface area contributed by atoms with Gasteiger partial charge in [0, 0.05) is 24.1 Å². The Morgan fingerprint density at radius 1 is 1.41 bits per heavy atom. The number of hydrazone groups is 1. The fourth-order valence-electron chi connectivity index (χ4n) is 1.26. The highest BCUT2D eigenvalue weighted by Crippen LogP contribution is 2.19. The van der Waals surface area contributed by atoms with E-state index in [1.54, 1.807) is 26.0 Å². The molecule has 1 aromatic carbocycles. The number of amides is 1. The number of hydrogen-bond acceptors (Lipinski definition) is 4. The highest BCUT2D eigenvalue weighted by atomic mass is 16.6. The van der Waals surface area contributed by atoms with Crippen molar-refractivity contribution in [3.8, 4) is 0 Å². The van der Waals surface area contributed by atoms with Crippen molar-refractivity contribution >= 4 is 17.3 Å². The molecule has 0 radical (unpaired) electrons. The molecule has 1 N–H and O–H groups in total. The summed E-state index contributed by atoms with van der Waals surface area (Å²) >= 11 is 0. The van der Waals surface area contributed by atoms with E-state index in [1.807, 2.05) is 0 Å². The molecule has 1 aromatic rings. The molecule has 6 nitrogen and oxygen atoms in total. The van der Waals surface area contributed by atoms with Crippen LogP contribution in [0.25, 0.3) is 0 Å². The third kappa shape index (κ3) is 3.37. The molecule has 0 saturated heterocycles. The molecule has 0 saturated carbocycles. The molecule has 0 heterocycles. The number of nitrogens with one attached hydrogen (secondary N) is 1. The van der Waals surface area contributed by atoms with Gasteiger partial charge in [-0.3, -0.25) is 14.9 Å². The number of rotatable bonds is 3. The molecule has 17 heavy (non-hydrogen) atoms. The molecule has 1 rings (SSSR count). The molecule has 0 fully saturated rings. The zero-order valence-corrected chi connectivity index (χ0v) is 9.85. The zero-order chi connectivity index (χ0) is 13.0. The van der Waals surface area contributed by atoms with E-state index in [2.05, 4.69) is 10.5 Å². The number of aryl methyl sites for hydroxylation is 1. The maximum absolute atomic E-state index is 10.8. The summed E-state index contributed by atoms with van der Waals surface area (Å²) in [5.74, 6) is -0.286. The summed E-state index contributed by atoms with van der Waals surface area (Å²) in [7, 11) is 0. The Morgan fingerprint density at radius 2 is 2.06 bits per heavy atom. The lowest BCUT2D eigenvalue weighted by Gasteiger charge is -2.03. The fraction of sp³-hybridized carbons (Fsp3) is 0.273. The molecule has 90 valence electrons. The van der Waals surface area contributed by atoms with Crippen molar-refractivity contribution in [1.29, 1.82) is 0 Å². The topological polar surface area (TPSA) is 84.6 Å². The normalized spacial score (nSPS) is 11.1. The van der Waals surface area contributed by atoms with Crippen LogP contribution < -0.4 is 5.43 Å². The molecule has 6 heteroatoms. The standard InChI is InChI=1S/C11H13N3O3/c1-7-4-5-10(6-11(7)14(16)17)8(2)12-13-9(3)15/h4-6H,1-3H3,(H,13,15). The summed E-state index contributed by atoms with van der Waals surface area (Å²) in [5, 5.41) is 14.6. The molecule has 0 bridgehead atoms. The first kappa shape index (κ1) is 12.8. The van der Waals surface area contributed by atoms with Crippen molar-refractivity contribution in [2.45, 2.75) is 20.8 Å². The second-order valence-corrected chi connectivity index (χ2v) is 3.62. The van der Waals surface area contributed by atoms with Gasteiger partial charge in [0.25, 0.3) is 5.69 Å². The monoisotopic (exact) mass is 235 g/mol. The van der Waals surface area contributed by atoms with Crippen molar-refractivity contribution in [2.75, 3.05) is 0 Å². The summed E-state index contributed by atoms with van der Waals surface area (Å²) < 4.78 is 0. The predicted octanol–water partition coefficient (Wildman–Crippen LogP) is 1.76. The van der Waals surface area contributed by atoms with E-state index in [0.717, 1.165) is 0 Å². The van der Waals surface area contributed by atoms with Gasteiger partial charge in [-0.2, -0.15) is 5.10 Å². The lowest BCUT2D eigenvalue weighted by molar-refractivity contribution is -0.385. The number of carbonyl (C=O) groups excluding carboxylic acids is 1. The highest BCUT2D eigenvalue weighted by molar-refractivity contribution is 5.99. The number of benzene rings is 1. The number of hydrogen-bond donors (Lipinski definition) is 1. The molecular formula is C11H13N3O3. The first-order valence-corrected chi connectivity index (χ1v) is 4.98. The smallest absolute Gasteiger partial charge is 0.272 e. The van der Waals surface area contributed by atoms with Gasteiger partial charge in [0.15, 0.2) is 0 Å². The second kappa shape index (κ2) is 5.20. The Kier molecular flexibility index (Phi) is 3.92. The summed E-state index contributed by atoms with van der Waals surface area (Å²) in [5.41, 5.74) is 4.04. The minimum absolute atomic E-state index is 0.0416. The van der Waals surface area contributed by atoms with Crippen LogP contribution in [0.4, 0.5) is 5.69 Å². The van der Waals surface area contributed by atoms with Crippen LogP contribution in [0.2, 0.25) is 0 Å². The molecule has 0 atom stereocenters. The Morgan fingerprint density at radius 3 is 2.59 bits per heavy atom. The first-order valence-electron chi connectivity index (χ1n) is 4.98. The van der Waals surface area contributed by atoms with Gasteiger partial charge < -0.3 is 0 Å². The minimum Gasteiger partial charge on any atom is -0.274 e. The minimum atomic E-state index is -0.440. The van der Waals surface area contributed by atoms with Crippen molar-refractivity contribution in [1.82, 2.24) is 5.43 Å². The average molecular weight is 235 g/mol. The lowest BCUT2D eigenvalue weighted by Crippen LogP contribution is -2.15. The van der Waals surface area contributed by atoms with Crippen LogP contribution in [0.5, 0.6) is 0 Å². The maximum atomic E-state index is 10.8. The quantitative estimate of drug-likeness (QED) is 0.492. The van der Waals surface area contributed by atoms with Gasteiger partial charge in [0.2, 0.25) is 5.91 Å². The summed E-state index contributed by atoms with van der Waals surface area (Å²) in [4.78, 5) is 21.0. The van der Waals surface area contributed by atoms with Crippen LogP contribution >= 0.6 is 0 Å². The van der Waals surface area contributed by atoms with Crippen molar-refractivity contribution in [3.05, 3.63) is 39.4 Å². The third-order valence-electron chi connectivity index (χ3n) is 2.20. The lowest BCUT2D eigenvalue weighted by atomic mass is 10.1. The van der Waals surface area contributed by atoms with Gasteiger partial charge in [0.1, 0.15) is 0 Å². The Bertz CT molecular complexity index is 495. The fourth-order valence-corrected chi connectivity index (χ4v) is 1.26. The van der Waals surface area contributed by atoms with Gasteiger partial charge in [-0.25, -0.2) is 5.43 Å². The molecule has 0 spiro atoms. The van der Waals surface area contributed by atoms with E-state index in [1.165, 1.54) is 13.0 Å². The Balaban J connectivity index is 3.07. The molecule has 0 aliphatic rings. The van der Waals surface area contributed by atoms with E-state index >= 15 is 0 Å². The van der Waals surface area contributed by atoms with Gasteiger partial charge >= 0.3 is 0 Å². The van der Waals surface area contributed by atoms with Crippen LogP contribution in [0.15, 0.2) is 23.3 Å². The van der Waals surface area contributed by atoms with E-state index in [4.69, 9.17) is 0 Å². The third-order valence-corrected chi connectivity index (χ3v) is 2.20. The second-order valence-electron chi connectivity index (χ2n) is 3.62. The van der Waals surface area contributed by atoms with Gasteiger partial charge in [-0.15, -0.1) is 0 Å². The van der Waals surface area contributed by atoms with Gasteiger partial charge in [-0.05, 0) is 13.8 Å². The van der Waals surface area contributed by atoms with Crippen LogP contribution in [0.1, 0.15) is 25.0 Å². The maximum Gasteiger partial charge on any atom is 0.272 e. The van der Waals surface area contributed by atoms with Gasteiger partial charge in [-0.1, -0.05) is 12.1 Å². The zero-order valence-electron chi connectivity index (χ0n) is 9.85. The molecule has 0 aliphatic carbocycles. The predicted molar refractivity (Wildman–Crippen MR) is 63.9 cm³/mol. The highest BCUT2D eigenvalue weighted by Gasteiger charge is 2.12. The van der Waals surface area contributed by atoms with Crippen LogP contribution in [0, 0.1) is 17.0 Å². The molecule has 1 amide bonds. The number of carbonyl (C=O) groups is 1. The van der Waals surface area contributed by atoms with E-state index in [0.29, 0.717) is 16.8 Å². The van der Waals surface area contributed by atoms with Crippen LogP contribution in [0.3, 0.4) is 0 Å². The van der Waals surface area contributed by atoms with E-state index in [-0.39, 0.29) is 11.6 Å². The van der Waals surface area contributed by atoms with E-state index in [9.17, 15) is 14.9 Å². The van der Waals surface area contributed by atoms with Crippen molar-refractivity contribution in [3.63, 3.8) is 0 Å². The molecule has 0 unspecified atom stereocenters. The summed E-state index contributed by atoms with van der Waals surface area (Å²) in [6.45, 7) is 4.68. The van der Waals surface area contributed by atoms with E-state index < -0.39 is 4.92 Å². The Hall–Kier alpha value is -2.24. The van der Waals surface area contributed by atoms with Crippen LogP contribution in [-0.4, -0.2) is 16.5 Å². The Labute approximate surface area is 98.5 Å². The molecule has 0 aliphatic heterocycles. The first-order chi connectivity index (χ1) is 7.91. The number of nitro groups is 1. The SMILES string of the molecule is CC(=O)NN=C(C)c1ccc(C)c([N+](=O)[O-])c1. The molecular weight excluding hydrogens is 222 g/mol. The largest absolute Gasteiger partial charge is 0.274 e.